The van der Waals surface area contributed by atoms with E-state index in [1.807, 2.05) is 18.2 Å². The van der Waals surface area contributed by atoms with Gasteiger partial charge in [-0.3, -0.25) is 4.79 Å². The average Bonchev–Trinajstić information content (AvgIpc) is 3.00. The van der Waals surface area contributed by atoms with Gasteiger partial charge in [0.1, 0.15) is 5.82 Å². The molecule has 3 rings (SSSR count). The molecule has 6 heteroatoms. The van der Waals surface area contributed by atoms with Crippen molar-refractivity contribution in [2.24, 2.45) is 7.05 Å². The summed E-state index contributed by atoms with van der Waals surface area (Å²) in [6, 6.07) is 14.2. The molecule has 0 aliphatic carbocycles. The molecular weight excluding hydrogens is 302 g/mol. The van der Waals surface area contributed by atoms with Crippen LogP contribution in [0.15, 0.2) is 48.7 Å². The number of aldehydes is 1. The summed E-state index contributed by atoms with van der Waals surface area (Å²) in [5, 5.41) is 11.2. The number of benzene rings is 1. The first-order valence-electron chi connectivity index (χ1n) is 7.86. The highest BCUT2D eigenvalue weighted by molar-refractivity contribution is 5.71. The minimum atomic E-state index is 0.305. The van der Waals surface area contributed by atoms with Crippen molar-refractivity contribution in [3.8, 4) is 11.4 Å². The minimum absolute atomic E-state index is 0.305. The van der Waals surface area contributed by atoms with Gasteiger partial charge in [-0.2, -0.15) is 0 Å². The largest absolute Gasteiger partial charge is 0.370 e. The maximum Gasteiger partial charge on any atom is 0.196 e. The van der Waals surface area contributed by atoms with Crippen molar-refractivity contribution < 1.29 is 4.79 Å². The van der Waals surface area contributed by atoms with E-state index in [4.69, 9.17) is 0 Å². The number of hydrogen-bond acceptors (Lipinski definition) is 5. The number of pyridine rings is 1. The predicted molar refractivity (Wildman–Crippen MR) is 92.9 cm³/mol. The van der Waals surface area contributed by atoms with Gasteiger partial charge in [-0.25, -0.2) is 4.98 Å². The van der Waals surface area contributed by atoms with Crippen LogP contribution in [0.2, 0.25) is 0 Å². The van der Waals surface area contributed by atoms with Gasteiger partial charge in [0, 0.05) is 25.4 Å². The molecule has 0 atom stereocenters. The first kappa shape index (κ1) is 15.9. The molecule has 0 bridgehead atoms. The van der Waals surface area contributed by atoms with Crippen molar-refractivity contribution in [1.82, 2.24) is 19.7 Å². The number of nitrogens with one attached hydrogen (secondary N) is 1. The molecule has 0 fully saturated rings. The lowest BCUT2D eigenvalue weighted by molar-refractivity contribution is 0.111. The van der Waals surface area contributed by atoms with E-state index in [0.717, 1.165) is 30.8 Å². The zero-order valence-electron chi connectivity index (χ0n) is 13.5. The maximum atomic E-state index is 10.9. The predicted octanol–water partition coefficient (Wildman–Crippen LogP) is 2.73. The normalized spacial score (nSPS) is 10.5. The van der Waals surface area contributed by atoms with E-state index in [1.165, 1.54) is 5.56 Å². The summed E-state index contributed by atoms with van der Waals surface area (Å²) in [6.45, 7) is 0.837. The van der Waals surface area contributed by atoms with E-state index in [1.54, 1.807) is 17.8 Å². The Balaban J connectivity index is 1.61. The van der Waals surface area contributed by atoms with Crippen molar-refractivity contribution in [3.05, 3.63) is 60.0 Å². The second-order valence-electron chi connectivity index (χ2n) is 5.50. The van der Waals surface area contributed by atoms with Crippen LogP contribution in [0, 0.1) is 0 Å². The van der Waals surface area contributed by atoms with Gasteiger partial charge in [-0.05, 0) is 30.5 Å². The van der Waals surface area contributed by atoms with Crippen LogP contribution in [-0.2, 0) is 13.5 Å². The molecule has 0 saturated carbocycles. The maximum absolute atomic E-state index is 10.9. The fourth-order valence-electron chi connectivity index (χ4n) is 2.52. The number of aryl methyl sites for hydroxylation is 1. The first-order chi connectivity index (χ1) is 11.8. The number of nitrogens with zero attached hydrogens (tertiary/aromatic N) is 4. The average molecular weight is 321 g/mol. The third-order valence-electron chi connectivity index (χ3n) is 3.82. The van der Waals surface area contributed by atoms with E-state index in [0.29, 0.717) is 17.9 Å². The lowest BCUT2D eigenvalue weighted by Crippen LogP contribution is -2.05. The number of hydrogen-bond donors (Lipinski definition) is 1. The Morgan fingerprint density at radius 1 is 1.17 bits per heavy atom. The number of aromatic nitrogens is 4. The minimum Gasteiger partial charge on any atom is -0.370 e. The SMILES string of the molecule is Cn1c(C=O)nnc1-c1ccnc(NCCCc2ccccc2)c1. The van der Waals surface area contributed by atoms with Crippen LogP contribution in [0.1, 0.15) is 22.6 Å². The first-order valence-corrected chi connectivity index (χ1v) is 7.86. The number of anilines is 1. The van der Waals surface area contributed by atoms with Crippen LogP contribution in [0.3, 0.4) is 0 Å². The Morgan fingerprint density at radius 2 is 2.00 bits per heavy atom. The summed E-state index contributed by atoms with van der Waals surface area (Å²) in [5.74, 6) is 1.74. The second-order valence-corrected chi connectivity index (χ2v) is 5.50. The molecule has 2 aromatic heterocycles. The molecule has 0 aliphatic heterocycles. The van der Waals surface area contributed by atoms with Gasteiger partial charge < -0.3 is 9.88 Å². The smallest absolute Gasteiger partial charge is 0.196 e. The highest BCUT2D eigenvalue weighted by atomic mass is 16.1. The molecular formula is C18H19N5O. The van der Waals surface area contributed by atoms with Gasteiger partial charge >= 0.3 is 0 Å². The highest BCUT2D eigenvalue weighted by Crippen LogP contribution is 2.19. The molecule has 24 heavy (non-hydrogen) atoms. The Hall–Kier alpha value is -3.02. The molecule has 0 radical (unpaired) electrons. The summed E-state index contributed by atoms with van der Waals surface area (Å²) in [7, 11) is 1.77. The van der Waals surface area contributed by atoms with E-state index in [9.17, 15) is 4.79 Å². The van der Waals surface area contributed by atoms with Crippen molar-refractivity contribution in [2.45, 2.75) is 12.8 Å². The fourth-order valence-corrected chi connectivity index (χ4v) is 2.52. The van der Waals surface area contributed by atoms with E-state index < -0.39 is 0 Å². The van der Waals surface area contributed by atoms with Crippen LogP contribution in [0.5, 0.6) is 0 Å². The van der Waals surface area contributed by atoms with Crippen LogP contribution in [0.4, 0.5) is 5.82 Å². The Morgan fingerprint density at radius 3 is 2.75 bits per heavy atom. The van der Waals surface area contributed by atoms with Crippen LogP contribution >= 0.6 is 0 Å². The van der Waals surface area contributed by atoms with Crippen LogP contribution < -0.4 is 5.32 Å². The number of carbonyl (C=O) groups excluding carboxylic acids is 1. The van der Waals surface area contributed by atoms with E-state index >= 15 is 0 Å². The molecule has 2 heterocycles. The van der Waals surface area contributed by atoms with Gasteiger partial charge in [0.25, 0.3) is 0 Å². The third-order valence-corrected chi connectivity index (χ3v) is 3.82. The lowest BCUT2D eigenvalue weighted by atomic mass is 10.1. The summed E-state index contributed by atoms with van der Waals surface area (Å²) >= 11 is 0. The summed E-state index contributed by atoms with van der Waals surface area (Å²) in [6.07, 6.45) is 4.47. The van der Waals surface area contributed by atoms with Gasteiger partial charge in [0.2, 0.25) is 0 Å². The Kier molecular flexibility index (Phi) is 4.96. The van der Waals surface area contributed by atoms with Crippen molar-refractivity contribution in [3.63, 3.8) is 0 Å². The van der Waals surface area contributed by atoms with Gasteiger partial charge in [0.05, 0.1) is 0 Å². The topological polar surface area (TPSA) is 72.7 Å². The number of carbonyl (C=O) groups is 1. The standard InChI is InChI=1S/C18H19N5O/c1-23-17(13-24)21-22-18(23)15-9-11-20-16(12-15)19-10-5-8-14-6-3-2-4-7-14/h2-4,6-7,9,11-13H,5,8,10H2,1H3,(H,19,20). The summed E-state index contributed by atoms with van der Waals surface area (Å²) in [5.41, 5.74) is 2.21. The monoisotopic (exact) mass is 321 g/mol. The molecule has 3 aromatic rings. The zero-order chi connectivity index (χ0) is 16.8. The van der Waals surface area contributed by atoms with Gasteiger partial charge in [0.15, 0.2) is 17.9 Å². The zero-order valence-corrected chi connectivity index (χ0v) is 13.5. The molecule has 0 saturated heterocycles. The van der Waals surface area contributed by atoms with Crippen LogP contribution in [-0.4, -0.2) is 32.6 Å². The van der Waals surface area contributed by atoms with Gasteiger partial charge in [-0.15, -0.1) is 10.2 Å². The molecule has 0 amide bonds. The molecule has 1 N–H and O–H groups in total. The Bertz CT molecular complexity index is 813. The quantitative estimate of drug-likeness (QED) is 0.535. The molecule has 1 aromatic carbocycles. The van der Waals surface area contributed by atoms with Crippen molar-refractivity contribution >= 4 is 12.1 Å². The van der Waals surface area contributed by atoms with E-state index in [-0.39, 0.29) is 0 Å². The van der Waals surface area contributed by atoms with Crippen molar-refractivity contribution in [1.29, 1.82) is 0 Å². The summed E-state index contributed by atoms with van der Waals surface area (Å²) < 4.78 is 1.67. The third kappa shape index (κ3) is 3.65. The van der Waals surface area contributed by atoms with Gasteiger partial charge in [-0.1, -0.05) is 30.3 Å². The molecule has 0 aliphatic rings. The molecule has 122 valence electrons. The second kappa shape index (κ2) is 7.50. The van der Waals surface area contributed by atoms with Crippen LogP contribution in [0.25, 0.3) is 11.4 Å². The van der Waals surface area contributed by atoms with Crippen molar-refractivity contribution in [2.75, 3.05) is 11.9 Å². The molecule has 0 spiro atoms. The lowest BCUT2D eigenvalue weighted by Gasteiger charge is -2.07. The number of rotatable bonds is 7. The fraction of sp³-hybridized carbons (Fsp3) is 0.222. The Labute approximate surface area is 140 Å². The summed E-state index contributed by atoms with van der Waals surface area (Å²) in [4.78, 5) is 15.2. The highest BCUT2D eigenvalue weighted by Gasteiger charge is 2.10. The van der Waals surface area contributed by atoms with E-state index in [2.05, 4.69) is 44.8 Å². The molecule has 6 nitrogen and oxygen atoms in total. The molecule has 0 unspecified atom stereocenters.